The largest absolute Gasteiger partial charge is 0.462 e. The van der Waals surface area contributed by atoms with E-state index in [1.165, 1.54) is 18.2 Å². The number of carbonyl (C=O) groups excluding carboxylic acids is 2. The molecule has 0 heterocycles. The number of amides is 1. The fraction of sp³-hybridized carbons (Fsp3) is 0.182. The van der Waals surface area contributed by atoms with E-state index in [1.54, 1.807) is 6.92 Å². The van der Waals surface area contributed by atoms with Crippen LogP contribution in [0.3, 0.4) is 0 Å². The van der Waals surface area contributed by atoms with Gasteiger partial charge in [0.15, 0.2) is 5.96 Å². The standard InChI is InChI=1S/C11H14N4O3/c1-2-18-10(17)7-3-6(9(12)16)4-8(5-7)15-11(13)14/h3-5H,2H2,1H3,(H2,12,16)(H4,13,14,15). The molecule has 1 aromatic rings. The van der Waals surface area contributed by atoms with Gasteiger partial charge < -0.3 is 21.9 Å². The summed E-state index contributed by atoms with van der Waals surface area (Å²) >= 11 is 0. The molecule has 0 aliphatic carbocycles. The minimum Gasteiger partial charge on any atom is -0.462 e. The third-order valence-electron chi connectivity index (χ3n) is 1.97. The number of carbonyl (C=O) groups is 2. The van der Waals surface area contributed by atoms with Gasteiger partial charge in [-0.3, -0.25) is 4.79 Å². The lowest BCUT2D eigenvalue weighted by Crippen LogP contribution is -2.22. The van der Waals surface area contributed by atoms with Crippen molar-refractivity contribution < 1.29 is 14.3 Å². The van der Waals surface area contributed by atoms with Gasteiger partial charge in [0.1, 0.15) is 0 Å². The van der Waals surface area contributed by atoms with Gasteiger partial charge in [-0.15, -0.1) is 0 Å². The van der Waals surface area contributed by atoms with Gasteiger partial charge in [0, 0.05) is 5.56 Å². The molecule has 0 saturated heterocycles. The highest BCUT2D eigenvalue weighted by Gasteiger charge is 2.12. The summed E-state index contributed by atoms with van der Waals surface area (Å²) in [6.45, 7) is 1.89. The van der Waals surface area contributed by atoms with Gasteiger partial charge in [0.2, 0.25) is 5.91 Å². The molecular weight excluding hydrogens is 236 g/mol. The number of hydrogen-bond acceptors (Lipinski definition) is 4. The lowest BCUT2D eigenvalue weighted by Gasteiger charge is -2.05. The minimum atomic E-state index is -0.687. The van der Waals surface area contributed by atoms with Crippen molar-refractivity contribution in [2.24, 2.45) is 22.2 Å². The molecule has 7 heteroatoms. The zero-order chi connectivity index (χ0) is 13.7. The summed E-state index contributed by atoms with van der Waals surface area (Å²) in [6, 6.07) is 4.11. The lowest BCUT2D eigenvalue weighted by atomic mass is 10.1. The Morgan fingerprint density at radius 1 is 1.17 bits per heavy atom. The fourth-order valence-corrected chi connectivity index (χ4v) is 1.30. The molecule has 96 valence electrons. The predicted octanol–water partition coefficient (Wildman–Crippen LogP) is -0.133. The van der Waals surface area contributed by atoms with Crippen LogP contribution >= 0.6 is 0 Å². The maximum atomic E-state index is 11.6. The Morgan fingerprint density at radius 3 is 2.28 bits per heavy atom. The summed E-state index contributed by atoms with van der Waals surface area (Å²) in [5.41, 5.74) is 16.2. The van der Waals surface area contributed by atoms with Crippen LogP contribution in [0.5, 0.6) is 0 Å². The van der Waals surface area contributed by atoms with E-state index in [0.717, 1.165) is 0 Å². The molecule has 0 saturated carbocycles. The molecule has 0 bridgehead atoms. The molecule has 0 radical (unpaired) electrons. The van der Waals surface area contributed by atoms with E-state index >= 15 is 0 Å². The van der Waals surface area contributed by atoms with Crippen LogP contribution in [-0.4, -0.2) is 24.4 Å². The summed E-state index contributed by atoms with van der Waals surface area (Å²) in [5, 5.41) is 0. The van der Waals surface area contributed by atoms with Crippen LogP contribution in [0, 0.1) is 0 Å². The molecule has 1 rings (SSSR count). The topological polar surface area (TPSA) is 134 Å². The predicted molar refractivity (Wildman–Crippen MR) is 66.4 cm³/mol. The van der Waals surface area contributed by atoms with Crippen LogP contribution in [0.15, 0.2) is 23.2 Å². The van der Waals surface area contributed by atoms with Gasteiger partial charge in [-0.25, -0.2) is 9.79 Å². The molecule has 0 aliphatic heterocycles. The highest BCUT2D eigenvalue weighted by Crippen LogP contribution is 2.18. The second kappa shape index (κ2) is 5.67. The normalized spacial score (nSPS) is 9.61. The molecular formula is C11H14N4O3. The summed E-state index contributed by atoms with van der Waals surface area (Å²) in [7, 11) is 0. The van der Waals surface area contributed by atoms with Gasteiger partial charge >= 0.3 is 5.97 Å². The Labute approximate surface area is 104 Å². The van der Waals surface area contributed by atoms with Crippen molar-refractivity contribution in [1.82, 2.24) is 0 Å². The van der Waals surface area contributed by atoms with Crippen LogP contribution in [0.4, 0.5) is 5.69 Å². The zero-order valence-electron chi connectivity index (χ0n) is 9.84. The van der Waals surface area contributed by atoms with Gasteiger partial charge in [0.25, 0.3) is 0 Å². The highest BCUT2D eigenvalue weighted by molar-refractivity contribution is 5.98. The average Bonchev–Trinajstić information content (AvgIpc) is 2.27. The molecule has 6 N–H and O–H groups in total. The number of ether oxygens (including phenoxy) is 1. The van der Waals surface area contributed by atoms with Crippen LogP contribution < -0.4 is 17.2 Å². The minimum absolute atomic E-state index is 0.126. The molecule has 0 spiro atoms. The summed E-state index contributed by atoms with van der Waals surface area (Å²) < 4.78 is 4.82. The van der Waals surface area contributed by atoms with Crippen LogP contribution in [0.2, 0.25) is 0 Å². The quantitative estimate of drug-likeness (QED) is 0.388. The lowest BCUT2D eigenvalue weighted by molar-refractivity contribution is 0.0526. The van der Waals surface area contributed by atoms with Crippen molar-refractivity contribution in [3.05, 3.63) is 29.3 Å². The maximum absolute atomic E-state index is 11.6. The second-order valence-corrected chi connectivity index (χ2v) is 3.39. The Bertz CT molecular complexity index is 507. The molecule has 0 aromatic heterocycles. The van der Waals surface area contributed by atoms with E-state index in [2.05, 4.69) is 4.99 Å². The smallest absolute Gasteiger partial charge is 0.338 e. The maximum Gasteiger partial charge on any atom is 0.338 e. The Kier molecular flexibility index (Phi) is 4.25. The first-order valence-electron chi connectivity index (χ1n) is 5.15. The van der Waals surface area contributed by atoms with Gasteiger partial charge in [-0.2, -0.15) is 0 Å². The number of guanidine groups is 1. The van der Waals surface area contributed by atoms with E-state index in [9.17, 15) is 9.59 Å². The molecule has 0 fully saturated rings. The summed E-state index contributed by atoms with van der Waals surface area (Å²) in [6.07, 6.45) is 0. The summed E-state index contributed by atoms with van der Waals surface area (Å²) in [5.74, 6) is -1.45. The van der Waals surface area contributed by atoms with E-state index in [-0.39, 0.29) is 29.4 Å². The number of primary amides is 1. The summed E-state index contributed by atoms with van der Waals surface area (Å²) in [4.78, 5) is 26.5. The van der Waals surface area contributed by atoms with Crippen molar-refractivity contribution in [2.75, 3.05) is 6.61 Å². The molecule has 0 atom stereocenters. The van der Waals surface area contributed by atoms with Gasteiger partial charge in [0.05, 0.1) is 17.9 Å². The molecule has 1 aromatic carbocycles. The highest BCUT2D eigenvalue weighted by atomic mass is 16.5. The zero-order valence-corrected chi connectivity index (χ0v) is 9.84. The third-order valence-corrected chi connectivity index (χ3v) is 1.97. The van der Waals surface area contributed by atoms with Crippen molar-refractivity contribution in [2.45, 2.75) is 6.92 Å². The van der Waals surface area contributed by atoms with E-state index in [0.29, 0.717) is 0 Å². The molecule has 0 unspecified atom stereocenters. The first kappa shape index (κ1) is 13.5. The number of nitrogens with two attached hydrogens (primary N) is 3. The Hall–Kier alpha value is -2.57. The second-order valence-electron chi connectivity index (χ2n) is 3.39. The van der Waals surface area contributed by atoms with E-state index in [4.69, 9.17) is 21.9 Å². The monoisotopic (exact) mass is 250 g/mol. The van der Waals surface area contributed by atoms with E-state index < -0.39 is 11.9 Å². The average molecular weight is 250 g/mol. The van der Waals surface area contributed by atoms with Crippen molar-refractivity contribution >= 4 is 23.5 Å². The molecule has 0 aliphatic rings. The van der Waals surface area contributed by atoms with E-state index in [1.807, 2.05) is 0 Å². The molecule has 7 nitrogen and oxygen atoms in total. The number of aliphatic imine (C=N–C) groups is 1. The van der Waals surface area contributed by atoms with Gasteiger partial charge in [-0.05, 0) is 25.1 Å². The number of nitrogens with zero attached hydrogens (tertiary/aromatic N) is 1. The first-order chi connectivity index (χ1) is 8.43. The molecule has 18 heavy (non-hydrogen) atoms. The van der Waals surface area contributed by atoms with Crippen LogP contribution in [0.1, 0.15) is 27.6 Å². The number of benzene rings is 1. The number of rotatable bonds is 4. The third kappa shape index (κ3) is 3.48. The fourth-order valence-electron chi connectivity index (χ4n) is 1.30. The van der Waals surface area contributed by atoms with Gasteiger partial charge in [-0.1, -0.05) is 0 Å². The van der Waals surface area contributed by atoms with Crippen molar-refractivity contribution in [1.29, 1.82) is 0 Å². The van der Waals surface area contributed by atoms with Crippen LogP contribution in [-0.2, 0) is 4.74 Å². The first-order valence-corrected chi connectivity index (χ1v) is 5.15. The van der Waals surface area contributed by atoms with Crippen molar-refractivity contribution in [3.63, 3.8) is 0 Å². The SMILES string of the molecule is CCOC(=O)c1cc(N=C(N)N)cc(C(N)=O)c1. The number of esters is 1. The van der Waals surface area contributed by atoms with Crippen LogP contribution in [0.25, 0.3) is 0 Å². The molecule has 1 amide bonds. The Morgan fingerprint density at radius 2 is 1.78 bits per heavy atom. The number of hydrogen-bond donors (Lipinski definition) is 3. The van der Waals surface area contributed by atoms with Crippen molar-refractivity contribution in [3.8, 4) is 0 Å². The Balaban J connectivity index is 3.26.